The lowest BCUT2D eigenvalue weighted by Crippen LogP contribution is -1.99. The SMILES string of the molecule is Cc1cc(-c2ccccc2)c2c(c1)C(c1ccccc1S)C=C2. The summed E-state index contributed by atoms with van der Waals surface area (Å²) in [5, 5.41) is 0. The van der Waals surface area contributed by atoms with Gasteiger partial charge in [0.25, 0.3) is 0 Å². The lowest BCUT2D eigenvalue weighted by atomic mass is 9.88. The summed E-state index contributed by atoms with van der Waals surface area (Å²) in [6.45, 7) is 2.18. The molecular weight excluding hydrogens is 296 g/mol. The zero-order chi connectivity index (χ0) is 15.8. The van der Waals surface area contributed by atoms with E-state index in [0.29, 0.717) is 5.92 Å². The molecule has 4 rings (SSSR count). The molecule has 0 bridgehead atoms. The predicted octanol–water partition coefficient (Wildman–Crippen LogP) is 6.11. The number of thiol groups is 1. The molecule has 0 aromatic heterocycles. The highest BCUT2D eigenvalue weighted by Gasteiger charge is 2.23. The highest BCUT2D eigenvalue weighted by atomic mass is 32.1. The first-order chi connectivity index (χ1) is 11.2. The molecule has 0 fully saturated rings. The van der Waals surface area contributed by atoms with E-state index in [1.807, 2.05) is 6.07 Å². The molecule has 0 N–H and O–H groups in total. The van der Waals surface area contributed by atoms with Crippen molar-refractivity contribution in [3.8, 4) is 11.1 Å². The topological polar surface area (TPSA) is 0 Å². The Morgan fingerprint density at radius 1 is 0.826 bits per heavy atom. The van der Waals surface area contributed by atoms with E-state index in [2.05, 4.69) is 92.4 Å². The third-order valence-electron chi connectivity index (χ3n) is 4.50. The van der Waals surface area contributed by atoms with Crippen LogP contribution in [0.15, 0.2) is 77.7 Å². The fraction of sp³-hybridized carbons (Fsp3) is 0.0909. The Hall–Kier alpha value is -2.25. The lowest BCUT2D eigenvalue weighted by Gasteiger charge is -2.17. The summed E-state index contributed by atoms with van der Waals surface area (Å²) in [5.74, 6) is 0.293. The van der Waals surface area contributed by atoms with Crippen LogP contribution in [0, 0.1) is 6.92 Å². The van der Waals surface area contributed by atoms with E-state index >= 15 is 0 Å². The summed E-state index contributed by atoms with van der Waals surface area (Å²) in [6.07, 6.45) is 4.56. The number of hydrogen-bond donors (Lipinski definition) is 1. The van der Waals surface area contributed by atoms with Crippen molar-refractivity contribution in [1.82, 2.24) is 0 Å². The van der Waals surface area contributed by atoms with Crippen molar-refractivity contribution in [3.05, 3.63) is 95.1 Å². The molecule has 3 aromatic rings. The standard InChI is InChI=1S/C22H18S/c1-15-13-20(16-7-3-2-4-8-16)18-12-11-17(21(18)14-15)19-9-5-6-10-22(19)23/h2-14,17,23H,1H3. The second kappa shape index (κ2) is 5.75. The summed E-state index contributed by atoms with van der Waals surface area (Å²) in [7, 11) is 0. The number of rotatable bonds is 2. The van der Waals surface area contributed by atoms with Crippen LogP contribution in [0.2, 0.25) is 0 Å². The van der Waals surface area contributed by atoms with Gasteiger partial charge in [-0.1, -0.05) is 78.4 Å². The van der Waals surface area contributed by atoms with E-state index in [1.54, 1.807) is 0 Å². The molecule has 3 aromatic carbocycles. The quantitative estimate of drug-likeness (QED) is 0.542. The average molecular weight is 314 g/mol. The van der Waals surface area contributed by atoms with E-state index in [9.17, 15) is 0 Å². The van der Waals surface area contributed by atoms with E-state index in [1.165, 1.54) is 33.4 Å². The summed E-state index contributed by atoms with van der Waals surface area (Å²) >= 11 is 4.65. The molecule has 1 aliphatic carbocycles. The Kier molecular flexibility index (Phi) is 3.59. The molecule has 0 amide bonds. The first-order valence-electron chi connectivity index (χ1n) is 7.90. The lowest BCUT2D eigenvalue weighted by molar-refractivity contribution is 1.01. The number of aryl methyl sites for hydroxylation is 1. The Morgan fingerprint density at radius 2 is 1.57 bits per heavy atom. The highest BCUT2D eigenvalue weighted by Crippen LogP contribution is 2.42. The summed E-state index contributed by atoms with van der Waals surface area (Å²) < 4.78 is 0. The Labute approximate surface area is 142 Å². The van der Waals surface area contributed by atoms with Gasteiger partial charge in [-0.3, -0.25) is 0 Å². The van der Waals surface area contributed by atoms with Gasteiger partial charge in [-0.05, 0) is 40.8 Å². The van der Waals surface area contributed by atoms with Crippen molar-refractivity contribution in [3.63, 3.8) is 0 Å². The Morgan fingerprint density at radius 3 is 2.35 bits per heavy atom. The molecule has 1 aliphatic rings. The highest BCUT2D eigenvalue weighted by molar-refractivity contribution is 7.80. The van der Waals surface area contributed by atoms with Gasteiger partial charge in [0, 0.05) is 10.8 Å². The zero-order valence-corrected chi connectivity index (χ0v) is 13.9. The minimum atomic E-state index is 0.293. The van der Waals surface area contributed by atoms with Gasteiger partial charge in [0.15, 0.2) is 0 Å². The molecule has 112 valence electrons. The molecule has 1 heteroatoms. The van der Waals surface area contributed by atoms with Crippen molar-refractivity contribution in [2.24, 2.45) is 0 Å². The number of hydrogen-bond acceptors (Lipinski definition) is 1. The van der Waals surface area contributed by atoms with Crippen LogP contribution in [-0.2, 0) is 0 Å². The smallest absolute Gasteiger partial charge is 0.0290 e. The van der Waals surface area contributed by atoms with Crippen LogP contribution in [-0.4, -0.2) is 0 Å². The first kappa shape index (κ1) is 14.3. The van der Waals surface area contributed by atoms with Crippen molar-refractivity contribution in [2.45, 2.75) is 17.7 Å². The molecule has 0 saturated heterocycles. The number of benzene rings is 3. The Balaban J connectivity index is 1.89. The zero-order valence-electron chi connectivity index (χ0n) is 13.0. The first-order valence-corrected chi connectivity index (χ1v) is 8.35. The maximum absolute atomic E-state index is 4.65. The van der Waals surface area contributed by atoms with Gasteiger partial charge in [0.2, 0.25) is 0 Å². The van der Waals surface area contributed by atoms with E-state index < -0.39 is 0 Å². The fourth-order valence-corrected chi connectivity index (χ4v) is 3.74. The maximum Gasteiger partial charge on any atom is 0.0290 e. The van der Waals surface area contributed by atoms with Gasteiger partial charge in [-0.2, -0.15) is 0 Å². The van der Waals surface area contributed by atoms with Gasteiger partial charge in [0.05, 0.1) is 0 Å². The maximum atomic E-state index is 4.65. The molecule has 23 heavy (non-hydrogen) atoms. The van der Waals surface area contributed by atoms with Crippen LogP contribution >= 0.6 is 12.6 Å². The van der Waals surface area contributed by atoms with Crippen LogP contribution in [0.25, 0.3) is 17.2 Å². The largest absolute Gasteiger partial charge is 0.143 e. The van der Waals surface area contributed by atoms with Crippen LogP contribution in [0.1, 0.15) is 28.2 Å². The average Bonchev–Trinajstić information content (AvgIpc) is 2.99. The van der Waals surface area contributed by atoms with Crippen molar-refractivity contribution >= 4 is 18.7 Å². The van der Waals surface area contributed by atoms with Gasteiger partial charge in [0.1, 0.15) is 0 Å². The minimum absolute atomic E-state index is 0.293. The molecule has 0 saturated carbocycles. The monoisotopic (exact) mass is 314 g/mol. The fourth-order valence-electron chi connectivity index (χ4n) is 3.44. The predicted molar refractivity (Wildman–Crippen MR) is 101 cm³/mol. The molecule has 0 spiro atoms. The molecule has 1 unspecified atom stereocenters. The van der Waals surface area contributed by atoms with Crippen LogP contribution in [0.4, 0.5) is 0 Å². The normalized spacial score (nSPS) is 15.7. The molecular formula is C22H18S. The van der Waals surface area contributed by atoms with Crippen molar-refractivity contribution in [2.75, 3.05) is 0 Å². The molecule has 0 heterocycles. The third kappa shape index (κ3) is 2.51. The van der Waals surface area contributed by atoms with Crippen LogP contribution in [0.5, 0.6) is 0 Å². The van der Waals surface area contributed by atoms with E-state index in [4.69, 9.17) is 0 Å². The van der Waals surface area contributed by atoms with Gasteiger partial charge < -0.3 is 0 Å². The van der Waals surface area contributed by atoms with E-state index in [0.717, 1.165) is 4.90 Å². The molecule has 0 aliphatic heterocycles. The van der Waals surface area contributed by atoms with Crippen molar-refractivity contribution in [1.29, 1.82) is 0 Å². The third-order valence-corrected chi connectivity index (χ3v) is 4.91. The van der Waals surface area contributed by atoms with Crippen molar-refractivity contribution < 1.29 is 0 Å². The van der Waals surface area contributed by atoms with Gasteiger partial charge >= 0.3 is 0 Å². The summed E-state index contributed by atoms with van der Waals surface area (Å²) in [6, 6.07) is 23.6. The number of fused-ring (bicyclic) bond motifs is 1. The molecule has 1 atom stereocenters. The number of allylic oxidation sites excluding steroid dienone is 1. The van der Waals surface area contributed by atoms with Crippen LogP contribution in [0.3, 0.4) is 0 Å². The Bertz CT molecular complexity index is 891. The second-order valence-electron chi connectivity index (χ2n) is 6.08. The van der Waals surface area contributed by atoms with Gasteiger partial charge in [-0.15, -0.1) is 12.6 Å². The molecule has 0 radical (unpaired) electrons. The van der Waals surface area contributed by atoms with Crippen LogP contribution < -0.4 is 0 Å². The minimum Gasteiger partial charge on any atom is -0.143 e. The second-order valence-corrected chi connectivity index (χ2v) is 6.56. The summed E-state index contributed by atoms with van der Waals surface area (Å²) in [4.78, 5) is 1.05. The summed E-state index contributed by atoms with van der Waals surface area (Å²) in [5.41, 5.74) is 7.88. The molecule has 0 nitrogen and oxygen atoms in total. The van der Waals surface area contributed by atoms with Gasteiger partial charge in [-0.25, -0.2) is 0 Å². The van der Waals surface area contributed by atoms with E-state index in [-0.39, 0.29) is 0 Å².